The van der Waals surface area contributed by atoms with Crippen LogP contribution in [0.25, 0.3) is 10.9 Å². The van der Waals surface area contributed by atoms with Crippen molar-refractivity contribution in [2.24, 2.45) is 7.05 Å². The summed E-state index contributed by atoms with van der Waals surface area (Å²) in [5.41, 5.74) is 1.48. The second-order valence-corrected chi connectivity index (χ2v) is 6.24. The van der Waals surface area contributed by atoms with Gasteiger partial charge in [-0.2, -0.15) is 5.10 Å². The van der Waals surface area contributed by atoms with E-state index >= 15 is 0 Å². The molecule has 6 heteroatoms. The topological polar surface area (TPSA) is 56.6 Å². The minimum absolute atomic E-state index is 0.0278. The Kier molecular flexibility index (Phi) is 3.58. The number of amides is 1. The number of aromatic nitrogens is 2. The SMILES string of the molecule is CO[C@H]1[C@H]2CC[C@H]1OCCN2C(=O)c1nn(C)c2ccccc12. The van der Waals surface area contributed by atoms with Crippen LogP contribution < -0.4 is 0 Å². The normalized spacial score (nSPS) is 27.4. The number of hydrogen-bond acceptors (Lipinski definition) is 4. The van der Waals surface area contributed by atoms with Gasteiger partial charge in [0.15, 0.2) is 5.69 Å². The first-order valence-corrected chi connectivity index (χ1v) is 8.08. The lowest BCUT2D eigenvalue weighted by molar-refractivity contribution is -0.0316. The minimum atomic E-state index is -0.0450. The van der Waals surface area contributed by atoms with E-state index in [1.54, 1.807) is 11.8 Å². The molecule has 0 unspecified atom stereocenters. The largest absolute Gasteiger partial charge is 0.377 e. The zero-order valence-electron chi connectivity index (χ0n) is 13.4. The highest BCUT2D eigenvalue weighted by Crippen LogP contribution is 2.33. The standard InChI is InChI=1S/C17H21N3O3/c1-19-12-6-4-3-5-11(12)15(18-19)17(21)20-9-10-23-14-8-7-13(20)16(14)22-2/h3-6,13-14,16H,7-10H2,1-2H3/t13-,14-,16+/m1/s1. The molecule has 2 aromatic rings. The van der Waals surface area contributed by atoms with Gasteiger partial charge in [0.2, 0.25) is 0 Å². The quantitative estimate of drug-likeness (QED) is 0.844. The molecule has 1 saturated carbocycles. The number of para-hydroxylation sites is 1. The van der Waals surface area contributed by atoms with Crippen LogP contribution in [0.15, 0.2) is 24.3 Å². The Labute approximate surface area is 135 Å². The zero-order chi connectivity index (χ0) is 16.0. The number of benzene rings is 1. The van der Waals surface area contributed by atoms with Crippen molar-refractivity contribution < 1.29 is 14.3 Å². The first-order chi connectivity index (χ1) is 11.2. The molecule has 0 N–H and O–H groups in total. The van der Waals surface area contributed by atoms with E-state index in [0.717, 1.165) is 23.7 Å². The Morgan fingerprint density at radius 3 is 3.00 bits per heavy atom. The first kappa shape index (κ1) is 14.7. The van der Waals surface area contributed by atoms with Crippen molar-refractivity contribution in [3.63, 3.8) is 0 Å². The summed E-state index contributed by atoms with van der Waals surface area (Å²) in [5.74, 6) is -0.0278. The molecule has 1 aliphatic carbocycles. The fraction of sp³-hybridized carbons (Fsp3) is 0.529. The fourth-order valence-electron chi connectivity index (χ4n) is 3.96. The summed E-state index contributed by atoms with van der Waals surface area (Å²) in [4.78, 5) is 15.1. The molecule has 1 aromatic carbocycles. The van der Waals surface area contributed by atoms with Crippen molar-refractivity contribution in [1.29, 1.82) is 0 Å². The molecule has 4 rings (SSSR count). The Balaban J connectivity index is 1.72. The third-order valence-electron chi connectivity index (χ3n) is 5.05. The van der Waals surface area contributed by atoms with E-state index in [4.69, 9.17) is 9.47 Å². The molecule has 1 aromatic heterocycles. The predicted octanol–water partition coefficient (Wildman–Crippen LogP) is 1.59. The molecule has 0 spiro atoms. The lowest BCUT2D eigenvalue weighted by atomic mass is 10.1. The lowest BCUT2D eigenvalue weighted by Crippen LogP contribution is -2.46. The second kappa shape index (κ2) is 5.62. The third kappa shape index (κ3) is 2.24. The van der Waals surface area contributed by atoms with Crippen molar-refractivity contribution in [2.75, 3.05) is 20.3 Å². The van der Waals surface area contributed by atoms with Crippen LogP contribution in [-0.2, 0) is 16.5 Å². The number of hydrogen-bond donors (Lipinski definition) is 0. The van der Waals surface area contributed by atoms with Gasteiger partial charge in [0.1, 0.15) is 6.10 Å². The van der Waals surface area contributed by atoms with Crippen LogP contribution in [0.1, 0.15) is 23.3 Å². The van der Waals surface area contributed by atoms with Crippen molar-refractivity contribution in [3.8, 4) is 0 Å². The maximum atomic E-state index is 13.2. The molecule has 23 heavy (non-hydrogen) atoms. The van der Waals surface area contributed by atoms with Crippen LogP contribution in [0, 0.1) is 0 Å². The smallest absolute Gasteiger partial charge is 0.275 e. The summed E-state index contributed by atoms with van der Waals surface area (Å²) < 4.78 is 13.3. The van der Waals surface area contributed by atoms with Crippen molar-refractivity contribution in [3.05, 3.63) is 30.0 Å². The van der Waals surface area contributed by atoms with Crippen molar-refractivity contribution >= 4 is 16.8 Å². The number of carbonyl (C=O) groups is 1. The van der Waals surface area contributed by atoms with Gasteiger partial charge in [-0.1, -0.05) is 18.2 Å². The van der Waals surface area contributed by atoms with Crippen LogP contribution in [0.4, 0.5) is 0 Å². The van der Waals surface area contributed by atoms with Crippen LogP contribution in [0.2, 0.25) is 0 Å². The molecule has 6 nitrogen and oxygen atoms in total. The molecule has 2 aliphatic rings. The molecule has 0 radical (unpaired) electrons. The van der Waals surface area contributed by atoms with Gasteiger partial charge in [-0.3, -0.25) is 9.48 Å². The van der Waals surface area contributed by atoms with E-state index in [9.17, 15) is 4.79 Å². The maximum Gasteiger partial charge on any atom is 0.275 e. The number of carbonyl (C=O) groups excluding carboxylic acids is 1. The summed E-state index contributed by atoms with van der Waals surface area (Å²) >= 11 is 0. The molecule has 1 aliphatic heterocycles. The lowest BCUT2D eigenvalue weighted by Gasteiger charge is -2.30. The van der Waals surface area contributed by atoms with E-state index in [1.165, 1.54) is 0 Å². The molecule has 1 saturated heterocycles. The average Bonchev–Trinajstić information content (AvgIpc) is 3.05. The summed E-state index contributed by atoms with van der Waals surface area (Å²) in [5, 5.41) is 5.37. The zero-order valence-corrected chi connectivity index (χ0v) is 13.4. The highest BCUT2D eigenvalue weighted by Gasteiger charge is 2.44. The first-order valence-electron chi connectivity index (χ1n) is 8.08. The van der Waals surface area contributed by atoms with E-state index in [-0.39, 0.29) is 24.2 Å². The Hall–Kier alpha value is -1.92. The van der Waals surface area contributed by atoms with E-state index in [0.29, 0.717) is 18.8 Å². The number of fused-ring (bicyclic) bond motifs is 3. The second-order valence-electron chi connectivity index (χ2n) is 6.24. The van der Waals surface area contributed by atoms with Gasteiger partial charge in [-0.15, -0.1) is 0 Å². The summed E-state index contributed by atoms with van der Waals surface area (Å²) in [6.45, 7) is 1.14. The van der Waals surface area contributed by atoms with Gasteiger partial charge in [-0.05, 0) is 18.9 Å². The molecular weight excluding hydrogens is 294 g/mol. The van der Waals surface area contributed by atoms with Gasteiger partial charge in [-0.25, -0.2) is 0 Å². The molecule has 2 fully saturated rings. The molecule has 122 valence electrons. The van der Waals surface area contributed by atoms with Crippen molar-refractivity contribution in [2.45, 2.75) is 31.1 Å². The minimum Gasteiger partial charge on any atom is -0.377 e. The number of ether oxygens (including phenoxy) is 2. The predicted molar refractivity (Wildman–Crippen MR) is 85.3 cm³/mol. The third-order valence-corrected chi connectivity index (χ3v) is 5.05. The molecular formula is C17H21N3O3. The maximum absolute atomic E-state index is 13.2. The van der Waals surface area contributed by atoms with Crippen LogP contribution in [-0.4, -0.2) is 59.1 Å². The molecule has 3 atom stereocenters. The fourth-order valence-corrected chi connectivity index (χ4v) is 3.96. The Morgan fingerprint density at radius 1 is 1.35 bits per heavy atom. The number of nitrogens with zero attached hydrogens (tertiary/aromatic N) is 3. The summed E-state index contributed by atoms with van der Waals surface area (Å²) in [6.07, 6.45) is 1.91. The Morgan fingerprint density at radius 2 is 2.17 bits per heavy atom. The number of rotatable bonds is 2. The van der Waals surface area contributed by atoms with E-state index in [1.807, 2.05) is 36.2 Å². The molecule has 2 bridgehead atoms. The highest BCUT2D eigenvalue weighted by atomic mass is 16.5. The van der Waals surface area contributed by atoms with Gasteiger partial charge in [0.25, 0.3) is 5.91 Å². The van der Waals surface area contributed by atoms with E-state index < -0.39 is 0 Å². The van der Waals surface area contributed by atoms with Gasteiger partial charge >= 0.3 is 0 Å². The highest BCUT2D eigenvalue weighted by molar-refractivity contribution is 6.05. The number of methoxy groups -OCH3 is 1. The van der Waals surface area contributed by atoms with Crippen LogP contribution in [0.5, 0.6) is 0 Å². The summed E-state index contributed by atoms with van der Waals surface area (Å²) in [6, 6.07) is 7.90. The molecule has 2 heterocycles. The van der Waals surface area contributed by atoms with Crippen LogP contribution >= 0.6 is 0 Å². The van der Waals surface area contributed by atoms with Crippen LogP contribution in [0.3, 0.4) is 0 Å². The van der Waals surface area contributed by atoms with Gasteiger partial charge in [0, 0.05) is 26.1 Å². The van der Waals surface area contributed by atoms with Gasteiger partial charge < -0.3 is 14.4 Å². The monoisotopic (exact) mass is 315 g/mol. The number of aryl methyl sites for hydroxylation is 1. The van der Waals surface area contributed by atoms with Crippen molar-refractivity contribution in [1.82, 2.24) is 14.7 Å². The Bertz CT molecular complexity index is 742. The average molecular weight is 315 g/mol. The molecule has 1 amide bonds. The summed E-state index contributed by atoms with van der Waals surface area (Å²) in [7, 11) is 3.57. The van der Waals surface area contributed by atoms with Gasteiger partial charge in [0.05, 0.1) is 24.3 Å². The van der Waals surface area contributed by atoms with E-state index in [2.05, 4.69) is 5.10 Å².